The Bertz CT molecular complexity index is 1290. The normalized spacial score (nSPS) is 10.6. The highest BCUT2D eigenvalue weighted by molar-refractivity contribution is 6.00. The van der Waals surface area contributed by atoms with Crippen LogP contribution in [0.15, 0.2) is 27.4 Å². The molecule has 0 fully saturated rings. The van der Waals surface area contributed by atoms with Crippen LogP contribution in [-0.4, -0.2) is 32.1 Å². The first-order valence-electron chi connectivity index (χ1n) is 8.91. The molecule has 3 rings (SSSR count). The predicted octanol–water partition coefficient (Wildman–Crippen LogP) is 2.74. The lowest BCUT2D eigenvalue weighted by Crippen LogP contribution is -2.12. The van der Waals surface area contributed by atoms with Gasteiger partial charge in [0.1, 0.15) is 21.9 Å². The van der Waals surface area contributed by atoms with E-state index in [-0.39, 0.29) is 50.7 Å². The fourth-order valence-electron chi connectivity index (χ4n) is 3.08. The Balaban J connectivity index is 2.51. The maximum absolute atomic E-state index is 13.5. The van der Waals surface area contributed by atoms with E-state index in [1.54, 1.807) is 0 Å². The van der Waals surface area contributed by atoms with Gasteiger partial charge in [-0.05, 0) is 12.1 Å². The fraction of sp³-hybridized carbons (Fsp3) is 0.238. The lowest BCUT2D eigenvalue weighted by atomic mass is 10.1. The Morgan fingerprint density at radius 3 is 1.81 bits per heavy atom. The third-order valence-corrected chi connectivity index (χ3v) is 4.08. The second kappa shape index (κ2) is 8.34. The first-order valence-corrected chi connectivity index (χ1v) is 8.91. The summed E-state index contributed by atoms with van der Waals surface area (Å²) in [6.07, 6.45) is 0. The van der Waals surface area contributed by atoms with Crippen LogP contribution in [0.3, 0.4) is 0 Å². The summed E-state index contributed by atoms with van der Waals surface area (Å²) in [5.74, 6) is -2.62. The van der Waals surface area contributed by atoms with Crippen molar-refractivity contribution in [3.8, 4) is 28.7 Å². The molecule has 0 amide bonds. The summed E-state index contributed by atoms with van der Waals surface area (Å²) in [7, 11) is 2.55. The van der Waals surface area contributed by atoms with Crippen molar-refractivity contribution in [3.63, 3.8) is 0 Å². The van der Waals surface area contributed by atoms with Crippen LogP contribution in [0.2, 0.25) is 0 Å². The summed E-state index contributed by atoms with van der Waals surface area (Å²) in [6, 6.07) is 4.09. The zero-order valence-electron chi connectivity index (χ0n) is 17.3. The zero-order valence-corrected chi connectivity index (χ0v) is 17.3. The average Bonchev–Trinajstić information content (AvgIpc) is 2.66. The van der Waals surface area contributed by atoms with Gasteiger partial charge in [0.2, 0.25) is 11.2 Å². The van der Waals surface area contributed by atoms with E-state index in [4.69, 9.17) is 28.1 Å². The number of carbonyl (C=O) groups is 3. The van der Waals surface area contributed by atoms with Gasteiger partial charge in [-0.3, -0.25) is 19.2 Å². The molecule has 162 valence electrons. The first-order chi connectivity index (χ1) is 14.7. The Hall–Kier alpha value is -4.08. The van der Waals surface area contributed by atoms with E-state index in [1.807, 2.05) is 0 Å². The van der Waals surface area contributed by atoms with Crippen LogP contribution in [0, 0.1) is 0 Å². The Morgan fingerprint density at radius 2 is 1.26 bits per heavy atom. The standard InChI is InChI=1S/C21H18O10/c1-9(22)28-13-7-6-12-16(19(13)26-4)18(25)17-14(31-12)8-15(29-10(2)23)20(27-5)21(17)30-11(3)24/h6-8H,1-5H3. The number of hydrogen-bond donors (Lipinski definition) is 0. The van der Waals surface area contributed by atoms with Crippen molar-refractivity contribution >= 4 is 39.8 Å². The number of fused-ring (bicyclic) bond motifs is 2. The lowest BCUT2D eigenvalue weighted by Gasteiger charge is -2.16. The number of carbonyl (C=O) groups excluding carboxylic acids is 3. The monoisotopic (exact) mass is 430 g/mol. The average molecular weight is 430 g/mol. The number of hydrogen-bond acceptors (Lipinski definition) is 10. The molecule has 0 saturated carbocycles. The van der Waals surface area contributed by atoms with Gasteiger partial charge in [0, 0.05) is 26.8 Å². The third kappa shape index (κ3) is 4.00. The maximum Gasteiger partial charge on any atom is 0.308 e. The fourth-order valence-corrected chi connectivity index (χ4v) is 3.08. The maximum atomic E-state index is 13.5. The van der Waals surface area contributed by atoms with Crippen molar-refractivity contribution in [3.05, 3.63) is 28.4 Å². The minimum atomic E-state index is -0.750. The summed E-state index contributed by atoms with van der Waals surface area (Å²) in [6.45, 7) is 3.51. The van der Waals surface area contributed by atoms with Gasteiger partial charge in [-0.25, -0.2) is 0 Å². The molecule has 0 atom stereocenters. The van der Waals surface area contributed by atoms with E-state index in [2.05, 4.69) is 0 Å². The van der Waals surface area contributed by atoms with Crippen molar-refractivity contribution in [2.45, 2.75) is 20.8 Å². The molecule has 0 N–H and O–H groups in total. The molecule has 10 nitrogen and oxygen atoms in total. The van der Waals surface area contributed by atoms with Gasteiger partial charge in [0.15, 0.2) is 23.0 Å². The molecule has 0 aliphatic carbocycles. The number of ether oxygens (including phenoxy) is 5. The van der Waals surface area contributed by atoms with Gasteiger partial charge >= 0.3 is 17.9 Å². The topological polar surface area (TPSA) is 128 Å². The summed E-state index contributed by atoms with van der Waals surface area (Å²) < 4.78 is 31.8. The Kier molecular flexibility index (Phi) is 5.82. The SMILES string of the molecule is COc1c(OC(C)=O)cc2oc3ccc(OC(C)=O)c(OC)c3c(=O)c2c1OC(C)=O. The van der Waals surface area contributed by atoms with Gasteiger partial charge in [0.25, 0.3) is 0 Å². The number of benzene rings is 2. The molecule has 31 heavy (non-hydrogen) atoms. The highest BCUT2D eigenvalue weighted by Crippen LogP contribution is 2.44. The minimum absolute atomic E-state index is 0.00619. The smallest absolute Gasteiger partial charge is 0.308 e. The molecular formula is C21H18O10. The Morgan fingerprint density at radius 1 is 0.710 bits per heavy atom. The summed E-state index contributed by atoms with van der Waals surface area (Å²) in [4.78, 5) is 48.1. The van der Waals surface area contributed by atoms with E-state index < -0.39 is 23.3 Å². The summed E-state index contributed by atoms with van der Waals surface area (Å²) in [5.41, 5.74) is -0.586. The molecule has 0 spiro atoms. The van der Waals surface area contributed by atoms with Crippen molar-refractivity contribution in [1.29, 1.82) is 0 Å². The molecule has 1 heterocycles. The molecule has 0 radical (unpaired) electrons. The lowest BCUT2D eigenvalue weighted by molar-refractivity contribution is -0.133. The van der Waals surface area contributed by atoms with Crippen LogP contribution < -0.4 is 29.1 Å². The highest BCUT2D eigenvalue weighted by Gasteiger charge is 2.26. The molecule has 2 aromatic carbocycles. The van der Waals surface area contributed by atoms with Crippen LogP contribution in [0.5, 0.6) is 28.7 Å². The number of esters is 3. The van der Waals surface area contributed by atoms with E-state index in [0.717, 1.165) is 6.92 Å². The molecule has 0 unspecified atom stereocenters. The second-order valence-electron chi connectivity index (χ2n) is 6.29. The molecule has 10 heteroatoms. The Labute approximate surface area is 175 Å². The van der Waals surface area contributed by atoms with Gasteiger partial charge in [-0.1, -0.05) is 0 Å². The summed E-state index contributed by atoms with van der Waals surface area (Å²) in [5, 5.41) is -0.210. The van der Waals surface area contributed by atoms with Crippen molar-refractivity contribution < 1.29 is 42.5 Å². The first kappa shape index (κ1) is 21.6. The van der Waals surface area contributed by atoms with Crippen LogP contribution in [0.1, 0.15) is 20.8 Å². The molecule has 1 aromatic heterocycles. The van der Waals surface area contributed by atoms with E-state index >= 15 is 0 Å². The molecule has 0 saturated heterocycles. The van der Waals surface area contributed by atoms with E-state index in [0.29, 0.717) is 0 Å². The highest BCUT2D eigenvalue weighted by atomic mass is 16.6. The zero-order chi connectivity index (χ0) is 22.9. The van der Waals surface area contributed by atoms with Crippen LogP contribution >= 0.6 is 0 Å². The van der Waals surface area contributed by atoms with Crippen LogP contribution in [0.4, 0.5) is 0 Å². The van der Waals surface area contributed by atoms with Gasteiger partial charge in [-0.2, -0.15) is 0 Å². The second-order valence-corrected chi connectivity index (χ2v) is 6.29. The van der Waals surface area contributed by atoms with Crippen LogP contribution in [0.25, 0.3) is 21.9 Å². The van der Waals surface area contributed by atoms with Crippen LogP contribution in [-0.2, 0) is 14.4 Å². The molecule has 3 aromatic rings. The molecule has 0 bridgehead atoms. The van der Waals surface area contributed by atoms with Crippen molar-refractivity contribution in [1.82, 2.24) is 0 Å². The van der Waals surface area contributed by atoms with Gasteiger partial charge in [0.05, 0.1) is 14.2 Å². The van der Waals surface area contributed by atoms with Gasteiger partial charge in [-0.15, -0.1) is 0 Å². The number of methoxy groups -OCH3 is 2. The van der Waals surface area contributed by atoms with Crippen molar-refractivity contribution in [2.24, 2.45) is 0 Å². The van der Waals surface area contributed by atoms with Gasteiger partial charge < -0.3 is 28.1 Å². The quantitative estimate of drug-likeness (QED) is 0.338. The summed E-state index contributed by atoms with van der Waals surface area (Å²) >= 11 is 0. The molecule has 0 aliphatic heterocycles. The van der Waals surface area contributed by atoms with E-state index in [1.165, 1.54) is 46.3 Å². The molecule has 0 aliphatic rings. The number of rotatable bonds is 5. The minimum Gasteiger partial charge on any atom is -0.492 e. The largest absolute Gasteiger partial charge is 0.492 e. The van der Waals surface area contributed by atoms with E-state index in [9.17, 15) is 19.2 Å². The molecular weight excluding hydrogens is 412 g/mol. The predicted molar refractivity (Wildman–Crippen MR) is 107 cm³/mol. The third-order valence-electron chi connectivity index (χ3n) is 4.08. The van der Waals surface area contributed by atoms with Crippen molar-refractivity contribution in [2.75, 3.05) is 14.2 Å².